The molecule has 0 atom stereocenters. The number of hydrogen-bond acceptors (Lipinski definition) is 5. The van der Waals surface area contributed by atoms with Gasteiger partial charge in [0.25, 0.3) is 0 Å². The van der Waals surface area contributed by atoms with E-state index in [1.54, 1.807) is 0 Å². The summed E-state index contributed by atoms with van der Waals surface area (Å²) in [6, 6.07) is 2.82. The Balaban J connectivity index is 2.08. The standard InChI is InChI=1S/C16H23N5O/c1-4-12-13-15(20-19-12)22-14(18)11(9-17)16(13)5-7-21(8-6-16)10(2)3/h10H,4-8,18H2,1-3H3,(H,19,20). The minimum Gasteiger partial charge on any atom is -0.420 e. The van der Waals surface area contributed by atoms with E-state index in [4.69, 9.17) is 10.5 Å². The summed E-state index contributed by atoms with van der Waals surface area (Å²) in [5, 5.41) is 17.0. The van der Waals surface area contributed by atoms with Gasteiger partial charge >= 0.3 is 0 Å². The first-order valence-corrected chi connectivity index (χ1v) is 7.93. The molecule has 1 aromatic rings. The van der Waals surface area contributed by atoms with Gasteiger partial charge in [0.2, 0.25) is 11.8 Å². The van der Waals surface area contributed by atoms with E-state index < -0.39 is 0 Å². The van der Waals surface area contributed by atoms with Crippen LogP contribution in [-0.2, 0) is 11.8 Å². The van der Waals surface area contributed by atoms with Crippen LogP contribution in [-0.4, -0.2) is 34.2 Å². The lowest BCUT2D eigenvalue weighted by Gasteiger charge is -2.44. The van der Waals surface area contributed by atoms with Crippen molar-refractivity contribution in [3.05, 3.63) is 22.7 Å². The number of aromatic nitrogens is 2. The quantitative estimate of drug-likeness (QED) is 0.869. The molecule has 0 aromatic carbocycles. The molecule has 22 heavy (non-hydrogen) atoms. The molecule has 6 nitrogen and oxygen atoms in total. The number of nitrogens with zero attached hydrogens (tertiary/aromatic N) is 3. The van der Waals surface area contributed by atoms with Gasteiger partial charge in [0.15, 0.2) is 0 Å². The van der Waals surface area contributed by atoms with Gasteiger partial charge in [0.1, 0.15) is 11.6 Å². The van der Waals surface area contributed by atoms with Gasteiger partial charge in [0.05, 0.1) is 0 Å². The Morgan fingerprint density at radius 1 is 1.45 bits per heavy atom. The maximum Gasteiger partial charge on any atom is 0.244 e. The highest BCUT2D eigenvalue weighted by molar-refractivity contribution is 5.54. The largest absolute Gasteiger partial charge is 0.420 e. The zero-order chi connectivity index (χ0) is 15.9. The lowest BCUT2D eigenvalue weighted by atomic mass is 9.66. The monoisotopic (exact) mass is 301 g/mol. The summed E-state index contributed by atoms with van der Waals surface area (Å²) in [6.45, 7) is 8.39. The number of H-pyrrole nitrogens is 1. The van der Waals surface area contributed by atoms with Crippen LogP contribution < -0.4 is 10.5 Å². The molecule has 118 valence electrons. The Morgan fingerprint density at radius 2 is 2.14 bits per heavy atom. The molecule has 1 saturated heterocycles. The van der Waals surface area contributed by atoms with Crippen LogP contribution in [0.15, 0.2) is 11.5 Å². The van der Waals surface area contributed by atoms with Crippen molar-refractivity contribution >= 4 is 0 Å². The number of nitriles is 1. The average Bonchev–Trinajstić information content (AvgIpc) is 2.91. The van der Waals surface area contributed by atoms with Crippen molar-refractivity contribution in [2.75, 3.05) is 13.1 Å². The van der Waals surface area contributed by atoms with Gasteiger partial charge < -0.3 is 15.4 Å². The van der Waals surface area contributed by atoms with E-state index in [1.165, 1.54) is 0 Å². The number of nitrogens with one attached hydrogen (secondary N) is 1. The van der Waals surface area contributed by atoms with E-state index in [-0.39, 0.29) is 11.3 Å². The van der Waals surface area contributed by atoms with Gasteiger partial charge in [-0.25, -0.2) is 0 Å². The number of piperidine rings is 1. The van der Waals surface area contributed by atoms with Crippen molar-refractivity contribution in [1.29, 1.82) is 5.26 Å². The van der Waals surface area contributed by atoms with Gasteiger partial charge in [-0.05, 0) is 46.2 Å². The number of ether oxygens (including phenoxy) is 1. The molecular weight excluding hydrogens is 278 g/mol. The van der Waals surface area contributed by atoms with Gasteiger partial charge in [0, 0.05) is 22.7 Å². The molecule has 3 heterocycles. The Labute approximate surface area is 130 Å². The van der Waals surface area contributed by atoms with Crippen molar-refractivity contribution < 1.29 is 4.74 Å². The number of allylic oxidation sites excluding steroid dienone is 1. The molecule has 0 unspecified atom stereocenters. The van der Waals surface area contributed by atoms with Gasteiger partial charge in [-0.2, -0.15) is 5.26 Å². The molecule has 2 aliphatic rings. The predicted molar refractivity (Wildman–Crippen MR) is 83.0 cm³/mol. The van der Waals surface area contributed by atoms with Gasteiger partial charge in [-0.1, -0.05) is 6.92 Å². The Morgan fingerprint density at radius 3 is 2.68 bits per heavy atom. The molecule has 3 N–H and O–H groups in total. The summed E-state index contributed by atoms with van der Waals surface area (Å²) < 4.78 is 5.60. The third-order valence-electron chi connectivity index (χ3n) is 5.07. The van der Waals surface area contributed by atoms with E-state index in [0.717, 1.165) is 43.6 Å². The highest BCUT2D eigenvalue weighted by atomic mass is 16.5. The summed E-state index contributed by atoms with van der Waals surface area (Å²) in [6.07, 6.45) is 2.58. The van der Waals surface area contributed by atoms with Crippen molar-refractivity contribution in [3.8, 4) is 11.9 Å². The number of rotatable bonds is 2. The highest BCUT2D eigenvalue weighted by Gasteiger charge is 2.48. The fraction of sp³-hybridized carbons (Fsp3) is 0.625. The lowest BCUT2D eigenvalue weighted by Crippen LogP contribution is -2.48. The van der Waals surface area contributed by atoms with E-state index in [2.05, 4.69) is 41.9 Å². The lowest BCUT2D eigenvalue weighted by molar-refractivity contribution is 0.138. The molecule has 0 bridgehead atoms. The van der Waals surface area contributed by atoms with E-state index in [0.29, 0.717) is 17.5 Å². The first-order chi connectivity index (χ1) is 10.5. The zero-order valence-corrected chi connectivity index (χ0v) is 13.4. The molecule has 2 aliphatic heterocycles. The molecular formula is C16H23N5O. The Bertz CT molecular complexity index is 644. The molecule has 1 aromatic heterocycles. The van der Waals surface area contributed by atoms with Crippen molar-refractivity contribution in [3.63, 3.8) is 0 Å². The van der Waals surface area contributed by atoms with E-state index in [1.807, 2.05) is 0 Å². The number of nitrogens with two attached hydrogens (primary N) is 1. The van der Waals surface area contributed by atoms with E-state index >= 15 is 0 Å². The average molecular weight is 301 g/mol. The minimum absolute atomic E-state index is 0.210. The summed E-state index contributed by atoms with van der Waals surface area (Å²) in [5.41, 5.74) is 8.34. The van der Waals surface area contributed by atoms with Crippen molar-refractivity contribution in [2.45, 2.75) is 51.5 Å². The Hall–Kier alpha value is -2.00. The molecule has 1 spiro atoms. The summed E-state index contributed by atoms with van der Waals surface area (Å²) in [4.78, 5) is 2.44. The topological polar surface area (TPSA) is 91.0 Å². The number of hydrogen-bond donors (Lipinski definition) is 2. The maximum absolute atomic E-state index is 9.67. The van der Waals surface area contributed by atoms with Crippen molar-refractivity contribution in [2.24, 2.45) is 5.73 Å². The summed E-state index contributed by atoms with van der Waals surface area (Å²) in [5.74, 6) is 0.758. The number of aromatic amines is 1. The van der Waals surface area contributed by atoms with Crippen LogP contribution >= 0.6 is 0 Å². The van der Waals surface area contributed by atoms with Crippen LogP contribution in [0.2, 0.25) is 0 Å². The first-order valence-electron chi connectivity index (χ1n) is 7.93. The third kappa shape index (κ3) is 2.00. The number of aryl methyl sites for hydroxylation is 1. The second-order valence-electron chi connectivity index (χ2n) is 6.40. The number of likely N-dealkylation sites (tertiary alicyclic amines) is 1. The third-order valence-corrected chi connectivity index (χ3v) is 5.07. The smallest absolute Gasteiger partial charge is 0.244 e. The molecule has 0 saturated carbocycles. The van der Waals surface area contributed by atoms with Crippen LogP contribution in [0, 0.1) is 11.3 Å². The Kier molecular flexibility index (Phi) is 3.61. The maximum atomic E-state index is 9.67. The van der Waals surface area contributed by atoms with Crippen LogP contribution in [0.25, 0.3) is 0 Å². The van der Waals surface area contributed by atoms with Crippen molar-refractivity contribution in [1.82, 2.24) is 15.1 Å². The second kappa shape index (κ2) is 5.33. The minimum atomic E-state index is -0.351. The van der Waals surface area contributed by atoms with E-state index in [9.17, 15) is 5.26 Å². The predicted octanol–water partition coefficient (Wildman–Crippen LogP) is 1.80. The molecule has 0 radical (unpaired) electrons. The number of fused-ring (bicyclic) bond motifs is 2. The second-order valence-corrected chi connectivity index (χ2v) is 6.40. The molecule has 0 amide bonds. The zero-order valence-electron chi connectivity index (χ0n) is 13.4. The molecule has 1 fully saturated rings. The molecule has 6 heteroatoms. The molecule has 3 rings (SSSR count). The van der Waals surface area contributed by atoms with Crippen LogP contribution in [0.5, 0.6) is 5.88 Å². The summed E-state index contributed by atoms with van der Waals surface area (Å²) >= 11 is 0. The summed E-state index contributed by atoms with van der Waals surface area (Å²) in [7, 11) is 0. The SMILES string of the molecule is CCc1[nH]nc2c1C1(CCN(C(C)C)CC1)C(C#N)=C(N)O2. The molecule has 0 aliphatic carbocycles. The van der Waals surface area contributed by atoms with Crippen LogP contribution in [0.3, 0.4) is 0 Å². The highest BCUT2D eigenvalue weighted by Crippen LogP contribution is 2.50. The fourth-order valence-corrected chi connectivity index (χ4v) is 3.78. The fourth-order valence-electron chi connectivity index (χ4n) is 3.78. The van der Waals surface area contributed by atoms with Gasteiger partial charge in [-0.3, -0.25) is 5.10 Å². The van der Waals surface area contributed by atoms with Crippen LogP contribution in [0.1, 0.15) is 44.9 Å². The normalized spacial score (nSPS) is 20.9. The first kappa shape index (κ1) is 14.9. The van der Waals surface area contributed by atoms with Crippen LogP contribution in [0.4, 0.5) is 0 Å². The van der Waals surface area contributed by atoms with Gasteiger partial charge in [-0.15, -0.1) is 5.10 Å².